The Labute approximate surface area is 178 Å². The van der Waals surface area contributed by atoms with Gasteiger partial charge < -0.3 is 19.3 Å². The van der Waals surface area contributed by atoms with Crippen LogP contribution >= 0.6 is 0 Å². The smallest absolute Gasteiger partial charge is 0.344 e. The van der Waals surface area contributed by atoms with Crippen molar-refractivity contribution in [2.45, 2.75) is 18.4 Å². The second kappa shape index (κ2) is 10.2. The van der Waals surface area contributed by atoms with Gasteiger partial charge in [0.05, 0.1) is 12.8 Å². The zero-order valence-corrected chi connectivity index (χ0v) is 16.5. The van der Waals surface area contributed by atoms with E-state index >= 15 is 0 Å². The van der Waals surface area contributed by atoms with Gasteiger partial charge in [-0.2, -0.15) is 0 Å². The zero-order chi connectivity index (χ0) is 22.1. The summed E-state index contributed by atoms with van der Waals surface area (Å²) < 4.78 is 15.5. The summed E-state index contributed by atoms with van der Waals surface area (Å²) in [6, 6.07) is 24.3. The molecule has 3 aromatic rings. The standard InChI is InChI=1S/C24H20O7/c25-21(29-18-10-4-1-5-11-18)16-24(28,23(27)31-20-14-8-3-9-15-20)17-22(26)30-19-12-6-2-7-13-19/h1-15,28H,16-17H2. The van der Waals surface area contributed by atoms with Crippen LogP contribution in [0.15, 0.2) is 91.0 Å². The highest BCUT2D eigenvalue weighted by Gasteiger charge is 2.44. The van der Waals surface area contributed by atoms with E-state index in [2.05, 4.69) is 0 Å². The van der Waals surface area contributed by atoms with Crippen molar-refractivity contribution in [1.29, 1.82) is 0 Å². The zero-order valence-electron chi connectivity index (χ0n) is 16.5. The van der Waals surface area contributed by atoms with E-state index in [4.69, 9.17) is 14.2 Å². The number of hydrogen-bond donors (Lipinski definition) is 1. The molecule has 158 valence electrons. The van der Waals surface area contributed by atoms with Gasteiger partial charge in [-0.15, -0.1) is 0 Å². The first-order valence-electron chi connectivity index (χ1n) is 9.46. The number of para-hydroxylation sites is 3. The third-order valence-corrected chi connectivity index (χ3v) is 4.16. The summed E-state index contributed by atoms with van der Waals surface area (Å²) in [5, 5.41) is 11.0. The highest BCUT2D eigenvalue weighted by atomic mass is 16.6. The number of ether oxygens (including phenoxy) is 3. The van der Waals surface area contributed by atoms with Crippen molar-refractivity contribution in [3.05, 3.63) is 91.0 Å². The van der Waals surface area contributed by atoms with Crippen LogP contribution in [0.3, 0.4) is 0 Å². The molecule has 0 heterocycles. The Morgan fingerprint density at radius 1 is 0.581 bits per heavy atom. The number of carbonyl (C=O) groups is 3. The number of carbonyl (C=O) groups excluding carboxylic acids is 3. The molecule has 31 heavy (non-hydrogen) atoms. The van der Waals surface area contributed by atoms with Crippen LogP contribution in [-0.4, -0.2) is 28.6 Å². The molecule has 0 aliphatic heterocycles. The molecule has 0 amide bonds. The summed E-state index contributed by atoms with van der Waals surface area (Å²) in [4.78, 5) is 37.5. The maximum atomic E-state index is 12.7. The molecule has 0 saturated carbocycles. The first kappa shape index (κ1) is 21.7. The molecule has 3 rings (SSSR count). The Morgan fingerprint density at radius 2 is 0.903 bits per heavy atom. The highest BCUT2D eigenvalue weighted by Crippen LogP contribution is 2.23. The van der Waals surface area contributed by atoms with Gasteiger partial charge in [0.2, 0.25) is 0 Å². The molecule has 0 aliphatic carbocycles. The van der Waals surface area contributed by atoms with Crippen LogP contribution < -0.4 is 14.2 Å². The lowest BCUT2D eigenvalue weighted by Crippen LogP contribution is -2.46. The summed E-state index contributed by atoms with van der Waals surface area (Å²) in [5.41, 5.74) is -2.49. The van der Waals surface area contributed by atoms with Crippen molar-refractivity contribution in [3.8, 4) is 17.2 Å². The van der Waals surface area contributed by atoms with E-state index in [0.717, 1.165) is 0 Å². The summed E-state index contributed by atoms with van der Waals surface area (Å²) in [7, 11) is 0. The first-order valence-corrected chi connectivity index (χ1v) is 9.46. The van der Waals surface area contributed by atoms with E-state index in [-0.39, 0.29) is 17.2 Å². The van der Waals surface area contributed by atoms with Gasteiger partial charge in [0.15, 0.2) is 5.60 Å². The average Bonchev–Trinajstić information content (AvgIpc) is 2.75. The summed E-state index contributed by atoms with van der Waals surface area (Å²) >= 11 is 0. The van der Waals surface area contributed by atoms with Gasteiger partial charge in [0, 0.05) is 0 Å². The molecule has 1 N–H and O–H groups in total. The maximum absolute atomic E-state index is 12.7. The molecular formula is C24H20O7. The van der Waals surface area contributed by atoms with E-state index in [1.807, 2.05) is 0 Å². The number of esters is 3. The third-order valence-electron chi connectivity index (χ3n) is 4.16. The van der Waals surface area contributed by atoms with E-state index in [1.54, 1.807) is 78.9 Å². The highest BCUT2D eigenvalue weighted by molar-refractivity contribution is 5.92. The van der Waals surface area contributed by atoms with Crippen LogP contribution in [-0.2, 0) is 14.4 Å². The van der Waals surface area contributed by atoms with Crippen LogP contribution in [0, 0.1) is 0 Å². The van der Waals surface area contributed by atoms with Crippen LogP contribution in [0.25, 0.3) is 0 Å². The molecule has 0 saturated heterocycles. The summed E-state index contributed by atoms with van der Waals surface area (Å²) in [5.74, 6) is -2.37. The number of aliphatic hydroxyl groups is 1. The molecule has 0 aromatic heterocycles. The topological polar surface area (TPSA) is 99.1 Å². The van der Waals surface area contributed by atoms with Crippen molar-refractivity contribution >= 4 is 17.9 Å². The van der Waals surface area contributed by atoms with E-state index < -0.39 is 36.4 Å². The number of benzene rings is 3. The predicted octanol–water partition coefficient (Wildman–Crippen LogP) is 3.31. The van der Waals surface area contributed by atoms with Crippen LogP contribution in [0.4, 0.5) is 0 Å². The maximum Gasteiger partial charge on any atom is 0.344 e. The van der Waals surface area contributed by atoms with E-state index in [1.165, 1.54) is 12.1 Å². The lowest BCUT2D eigenvalue weighted by Gasteiger charge is -2.24. The monoisotopic (exact) mass is 420 g/mol. The summed E-state index contributed by atoms with van der Waals surface area (Å²) in [6.45, 7) is 0. The molecule has 7 heteroatoms. The molecule has 0 spiro atoms. The molecule has 0 radical (unpaired) electrons. The number of hydrogen-bond acceptors (Lipinski definition) is 7. The van der Waals surface area contributed by atoms with Crippen LogP contribution in [0.2, 0.25) is 0 Å². The first-order chi connectivity index (χ1) is 14.9. The molecule has 0 unspecified atom stereocenters. The Bertz CT molecular complexity index is 962. The van der Waals surface area contributed by atoms with E-state index in [9.17, 15) is 19.5 Å². The van der Waals surface area contributed by atoms with Crippen molar-refractivity contribution in [2.24, 2.45) is 0 Å². The van der Waals surface area contributed by atoms with Gasteiger partial charge in [-0.3, -0.25) is 9.59 Å². The van der Waals surface area contributed by atoms with Gasteiger partial charge in [0.1, 0.15) is 17.2 Å². The molecule has 3 aromatic carbocycles. The minimum Gasteiger partial charge on any atom is -0.426 e. The molecule has 0 aliphatic rings. The fourth-order valence-corrected chi connectivity index (χ4v) is 2.69. The van der Waals surface area contributed by atoms with Crippen molar-refractivity contribution in [2.75, 3.05) is 0 Å². The predicted molar refractivity (Wildman–Crippen MR) is 110 cm³/mol. The Hall–Kier alpha value is -3.97. The lowest BCUT2D eigenvalue weighted by atomic mass is 9.95. The van der Waals surface area contributed by atoms with Crippen molar-refractivity contribution in [1.82, 2.24) is 0 Å². The minimum atomic E-state index is -2.49. The van der Waals surface area contributed by atoms with Crippen molar-refractivity contribution in [3.63, 3.8) is 0 Å². The molecular weight excluding hydrogens is 400 g/mol. The fraction of sp³-hybridized carbons (Fsp3) is 0.125. The third kappa shape index (κ3) is 6.52. The largest absolute Gasteiger partial charge is 0.426 e. The molecule has 0 bridgehead atoms. The quantitative estimate of drug-likeness (QED) is 0.441. The fourth-order valence-electron chi connectivity index (χ4n) is 2.69. The Balaban J connectivity index is 1.75. The van der Waals surface area contributed by atoms with Crippen LogP contribution in [0.5, 0.6) is 17.2 Å². The average molecular weight is 420 g/mol. The minimum absolute atomic E-state index is 0.152. The normalized spacial score (nSPS) is 10.7. The number of rotatable bonds is 8. The Morgan fingerprint density at radius 3 is 1.26 bits per heavy atom. The molecule has 0 atom stereocenters. The summed E-state index contributed by atoms with van der Waals surface area (Å²) in [6.07, 6.45) is -1.62. The van der Waals surface area contributed by atoms with E-state index in [0.29, 0.717) is 0 Å². The van der Waals surface area contributed by atoms with Gasteiger partial charge in [-0.1, -0.05) is 54.6 Å². The Kier molecular flexibility index (Phi) is 7.13. The van der Waals surface area contributed by atoms with Crippen LogP contribution in [0.1, 0.15) is 12.8 Å². The van der Waals surface area contributed by atoms with Gasteiger partial charge in [-0.05, 0) is 36.4 Å². The van der Waals surface area contributed by atoms with Gasteiger partial charge in [0.25, 0.3) is 0 Å². The lowest BCUT2D eigenvalue weighted by molar-refractivity contribution is -0.166. The SMILES string of the molecule is O=C(CC(O)(CC(=O)Oc1ccccc1)C(=O)Oc1ccccc1)Oc1ccccc1. The second-order valence-electron chi connectivity index (χ2n) is 6.66. The second-order valence-corrected chi connectivity index (χ2v) is 6.66. The molecule has 7 nitrogen and oxygen atoms in total. The molecule has 0 fully saturated rings. The van der Waals surface area contributed by atoms with Crippen molar-refractivity contribution < 1.29 is 33.7 Å². The van der Waals surface area contributed by atoms with Gasteiger partial charge >= 0.3 is 17.9 Å². The van der Waals surface area contributed by atoms with Gasteiger partial charge in [-0.25, -0.2) is 4.79 Å².